The van der Waals surface area contributed by atoms with Gasteiger partial charge in [0.2, 0.25) is 0 Å². The molecule has 2 atom stereocenters. The third kappa shape index (κ3) is 6.44. The van der Waals surface area contributed by atoms with Gasteiger partial charge in [-0.25, -0.2) is 0 Å². The fourth-order valence-electron chi connectivity index (χ4n) is 1.94. The van der Waals surface area contributed by atoms with Gasteiger partial charge in [-0.1, -0.05) is 50.6 Å². The molecule has 96 valence electrons. The number of rotatable bonds is 8. The lowest BCUT2D eigenvalue weighted by atomic mass is 10.0. The zero-order valence-corrected chi connectivity index (χ0v) is 10.9. The molecule has 0 heterocycles. The average molecular weight is 236 g/mol. The summed E-state index contributed by atoms with van der Waals surface area (Å²) in [4.78, 5) is 0. The first-order valence-corrected chi connectivity index (χ1v) is 6.52. The highest BCUT2D eigenvalue weighted by Crippen LogP contribution is 2.11. The summed E-state index contributed by atoms with van der Waals surface area (Å²) in [5, 5.41) is 9.68. The van der Waals surface area contributed by atoms with Gasteiger partial charge in [0.25, 0.3) is 0 Å². The predicted octanol–water partition coefficient (Wildman–Crippen LogP) is 3.39. The van der Waals surface area contributed by atoms with Crippen molar-refractivity contribution in [3.63, 3.8) is 0 Å². The Balaban J connectivity index is 2.14. The molecule has 0 spiro atoms. The van der Waals surface area contributed by atoms with Crippen molar-refractivity contribution >= 4 is 0 Å². The van der Waals surface area contributed by atoms with E-state index in [-0.39, 0.29) is 6.10 Å². The van der Waals surface area contributed by atoms with Crippen LogP contribution in [0, 0.1) is 5.92 Å². The molecular formula is C15H24O2. The van der Waals surface area contributed by atoms with Crippen molar-refractivity contribution in [3.8, 4) is 0 Å². The molecule has 0 saturated carbocycles. The van der Waals surface area contributed by atoms with E-state index in [4.69, 9.17) is 4.74 Å². The van der Waals surface area contributed by atoms with Gasteiger partial charge in [-0.3, -0.25) is 0 Å². The Hall–Kier alpha value is -0.860. The molecule has 0 aliphatic rings. The monoisotopic (exact) mass is 236 g/mol. The van der Waals surface area contributed by atoms with E-state index >= 15 is 0 Å². The smallest absolute Gasteiger partial charge is 0.0717 e. The normalized spacial score (nSPS) is 14.5. The third-order valence-corrected chi connectivity index (χ3v) is 2.81. The molecule has 0 saturated heterocycles. The van der Waals surface area contributed by atoms with E-state index in [0.717, 1.165) is 25.9 Å². The van der Waals surface area contributed by atoms with Crippen LogP contribution in [0.25, 0.3) is 0 Å². The van der Waals surface area contributed by atoms with Gasteiger partial charge in [0.05, 0.1) is 12.7 Å². The highest BCUT2D eigenvalue weighted by molar-refractivity contribution is 5.13. The summed E-state index contributed by atoms with van der Waals surface area (Å²) >= 11 is 0. The van der Waals surface area contributed by atoms with E-state index in [1.54, 1.807) is 0 Å². The van der Waals surface area contributed by atoms with Crippen LogP contribution in [-0.2, 0) is 11.3 Å². The van der Waals surface area contributed by atoms with E-state index < -0.39 is 0 Å². The maximum Gasteiger partial charge on any atom is 0.0717 e. The summed E-state index contributed by atoms with van der Waals surface area (Å²) < 4.78 is 5.65. The van der Waals surface area contributed by atoms with Gasteiger partial charge >= 0.3 is 0 Å². The summed E-state index contributed by atoms with van der Waals surface area (Å²) in [5.74, 6) is 0.417. The van der Waals surface area contributed by atoms with Crippen molar-refractivity contribution < 1.29 is 9.84 Å². The van der Waals surface area contributed by atoms with Crippen molar-refractivity contribution in [2.45, 2.75) is 45.8 Å². The van der Waals surface area contributed by atoms with Gasteiger partial charge in [0.1, 0.15) is 0 Å². The van der Waals surface area contributed by atoms with Gasteiger partial charge in [-0.2, -0.15) is 0 Å². The molecule has 1 aromatic carbocycles. The van der Waals surface area contributed by atoms with Crippen LogP contribution in [0.4, 0.5) is 0 Å². The molecule has 0 fully saturated rings. The van der Waals surface area contributed by atoms with E-state index in [0.29, 0.717) is 12.5 Å². The van der Waals surface area contributed by atoms with Crippen LogP contribution in [0.3, 0.4) is 0 Å². The second kappa shape index (κ2) is 8.26. The van der Waals surface area contributed by atoms with Crippen LogP contribution >= 0.6 is 0 Å². The van der Waals surface area contributed by atoms with Crippen LogP contribution < -0.4 is 0 Å². The maximum atomic E-state index is 9.68. The van der Waals surface area contributed by atoms with E-state index in [9.17, 15) is 5.11 Å². The van der Waals surface area contributed by atoms with Crippen LogP contribution in [0.5, 0.6) is 0 Å². The number of benzene rings is 1. The zero-order valence-electron chi connectivity index (χ0n) is 10.9. The highest BCUT2D eigenvalue weighted by atomic mass is 16.5. The van der Waals surface area contributed by atoms with Gasteiger partial charge in [-0.05, 0) is 24.3 Å². The average Bonchev–Trinajstić information content (AvgIpc) is 2.30. The summed E-state index contributed by atoms with van der Waals surface area (Å²) in [6.07, 6.45) is 2.60. The first kappa shape index (κ1) is 14.2. The van der Waals surface area contributed by atoms with Crippen LogP contribution in [-0.4, -0.2) is 17.8 Å². The number of ether oxygens (including phenoxy) is 1. The SMILES string of the molecule is CCCC(O)CC(C)COCc1ccccc1. The van der Waals surface area contributed by atoms with E-state index in [1.807, 2.05) is 18.2 Å². The van der Waals surface area contributed by atoms with Crippen LogP contribution in [0.1, 0.15) is 38.7 Å². The summed E-state index contributed by atoms with van der Waals surface area (Å²) in [7, 11) is 0. The first-order valence-electron chi connectivity index (χ1n) is 6.52. The molecule has 2 heteroatoms. The van der Waals surface area contributed by atoms with E-state index in [2.05, 4.69) is 26.0 Å². The minimum atomic E-state index is -0.171. The lowest BCUT2D eigenvalue weighted by Crippen LogP contribution is -2.15. The summed E-state index contributed by atoms with van der Waals surface area (Å²) in [6, 6.07) is 10.2. The molecule has 1 N–H and O–H groups in total. The second-order valence-corrected chi connectivity index (χ2v) is 4.78. The number of hydrogen-bond acceptors (Lipinski definition) is 2. The van der Waals surface area contributed by atoms with Crippen LogP contribution in [0.15, 0.2) is 30.3 Å². The number of hydrogen-bond donors (Lipinski definition) is 1. The molecule has 1 aromatic rings. The van der Waals surface area contributed by atoms with Crippen LogP contribution in [0.2, 0.25) is 0 Å². The van der Waals surface area contributed by atoms with Gasteiger partial charge in [0, 0.05) is 6.61 Å². The highest BCUT2D eigenvalue weighted by Gasteiger charge is 2.09. The van der Waals surface area contributed by atoms with Gasteiger partial charge in [-0.15, -0.1) is 0 Å². The molecule has 0 amide bonds. The molecule has 0 aromatic heterocycles. The molecule has 0 aliphatic heterocycles. The number of aliphatic hydroxyl groups is 1. The molecular weight excluding hydrogens is 212 g/mol. The molecule has 2 unspecified atom stereocenters. The quantitative estimate of drug-likeness (QED) is 0.749. The van der Waals surface area contributed by atoms with Crippen molar-refractivity contribution in [2.75, 3.05) is 6.61 Å². The molecule has 17 heavy (non-hydrogen) atoms. The Morgan fingerprint density at radius 3 is 2.59 bits per heavy atom. The molecule has 0 bridgehead atoms. The molecule has 2 nitrogen and oxygen atoms in total. The topological polar surface area (TPSA) is 29.5 Å². The first-order chi connectivity index (χ1) is 8.22. The van der Waals surface area contributed by atoms with Crippen molar-refractivity contribution in [3.05, 3.63) is 35.9 Å². The summed E-state index contributed by atoms with van der Waals surface area (Å²) in [6.45, 7) is 5.61. The van der Waals surface area contributed by atoms with Crippen molar-refractivity contribution in [1.82, 2.24) is 0 Å². The second-order valence-electron chi connectivity index (χ2n) is 4.78. The third-order valence-electron chi connectivity index (χ3n) is 2.81. The van der Waals surface area contributed by atoms with Gasteiger partial charge < -0.3 is 9.84 Å². The Kier molecular flexibility index (Phi) is 6.90. The van der Waals surface area contributed by atoms with Crippen molar-refractivity contribution in [2.24, 2.45) is 5.92 Å². The standard InChI is InChI=1S/C15H24O2/c1-3-7-15(16)10-13(2)11-17-12-14-8-5-4-6-9-14/h4-6,8-9,13,15-16H,3,7,10-12H2,1-2H3. The van der Waals surface area contributed by atoms with Gasteiger partial charge in [0.15, 0.2) is 0 Å². The van der Waals surface area contributed by atoms with E-state index in [1.165, 1.54) is 5.56 Å². The Bertz CT molecular complexity index is 284. The lowest BCUT2D eigenvalue weighted by Gasteiger charge is -2.16. The fraction of sp³-hybridized carbons (Fsp3) is 0.600. The largest absolute Gasteiger partial charge is 0.393 e. The molecule has 0 aliphatic carbocycles. The Morgan fingerprint density at radius 1 is 1.24 bits per heavy atom. The maximum absolute atomic E-state index is 9.68. The minimum absolute atomic E-state index is 0.171. The lowest BCUT2D eigenvalue weighted by molar-refractivity contribution is 0.0626. The van der Waals surface area contributed by atoms with Crippen molar-refractivity contribution in [1.29, 1.82) is 0 Å². The Labute approximate surface area is 105 Å². The number of aliphatic hydroxyl groups excluding tert-OH is 1. The zero-order chi connectivity index (χ0) is 12.5. The fourth-order valence-corrected chi connectivity index (χ4v) is 1.94. The predicted molar refractivity (Wildman–Crippen MR) is 70.8 cm³/mol. The molecule has 0 radical (unpaired) electrons. The minimum Gasteiger partial charge on any atom is -0.393 e. The Morgan fingerprint density at radius 2 is 1.94 bits per heavy atom. The molecule has 1 rings (SSSR count). The summed E-state index contributed by atoms with van der Waals surface area (Å²) in [5.41, 5.74) is 1.20.